The molecule has 0 fully saturated rings. The predicted molar refractivity (Wildman–Crippen MR) is 106 cm³/mol. The molecule has 0 radical (unpaired) electrons. The van der Waals surface area contributed by atoms with E-state index in [4.69, 9.17) is 27.6 Å². The zero-order chi connectivity index (χ0) is 17.4. The van der Waals surface area contributed by atoms with Crippen molar-refractivity contribution in [3.63, 3.8) is 0 Å². The van der Waals surface area contributed by atoms with E-state index in [9.17, 15) is 0 Å². The second kappa shape index (κ2) is 6.68. The number of hydrogen-bond acceptors (Lipinski definition) is 2. The highest BCUT2D eigenvalue weighted by Crippen LogP contribution is 2.32. The SMILES string of the molecule is C[n+]1c(/C=C/c2ccc(-c3ccc(Cl)cc3Cl)o2)sc2ccccc21. The zero-order valence-electron chi connectivity index (χ0n) is 13.4. The van der Waals surface area contributed by atoms with Gasteiger partial charge in [0.25, 0.3) is 5.01 Å². The highest BCUT2D eigenvalue weighted by Gasteiger charge is 2.14. The standard InChI is InChI=1S/C20H14Cl2NOS/c1-23-17-4-2-3-5-19(17)25-20(23)11-8-14-7-10-18(24-14)15-9-6-13(21)12-16(15)22/h2-12H,1H3/q+1/b11-8+. The Balaban J connectivity index is 1.64. The van der Waals surface area contributed by atoms with Crippen molar-refractivity contribution in [2.45, 2.75) is 0 Å². The fraction of sp³-hybridized carbons (Fsp3) is 0.0500. The van der Waals surface area contributed by atoms with Gasteiger partial charge in [-0.05, 0) is 42.5 Å². The summed E-state index contributed by atoms with van der Waals surface area (Å²) in [5.41, 5.74) is 2.05. The second-order valence-electron chi connectivity index (χ2n) is 5.63. The van der Waals surface area contributed by atoms with Crippen molar-refractivity contribution in [1.82, 2.24) is 0 Å². The summed E-state index contributed by atoms with van der Waals surface area (Å²) in [4.78, 5) is 0. The molecule has 5 heteroatoms. The highest BCUT2D eigenvalue weighted by molar-refractivity contribution is 7.18. The molecular weight excluding hydrogens is 373 g/mol. The molecule has 0 saturated heterocycles. The predicted octanol–water partition coefficient (Wildman–Crippen LogP) is 6.46. The van der Waals surface area contributed by atoms with Crippen molar-refractivity contribution in [3.8, 4) is 11.3 Å². The van der Waals surface area contributed by atoms with E-state index in [2.05, 4.69) is 42.0 Å². The second-order valence-corrected chi connectivity index (χ2v) is 7.53. The van der Waals surface area contributed by atoms with E-state index >= 15 is 0 Å². The molecule has 0 aliphatic rings. The normalized spacial score (nSPS) is 11.6. The van der Waals surface area contributed by atoms with Crippen LogP contribution in [0.15, 0.2) is 59.0 Å². The van der Waals surface area contributed by atoms with Gasteiger partial charge in [-0.3, -0.25) is 0 Å². The summed E-state index contributed by atoms with van der Waals surface area (Å²) in [5.74, 6) is 1.50. The number of aryl methyl sites for hydroxylation is 1. The summed E-state index contributed by atoms with van der Waals surface area (Å²) < 4.78 is 9.35. The number of rotatable bonds is 3. The quantitative estimate of drug-likeness (QED) is 0.369. The Kier molecular flexibility index (Phi) is 4.38. The summed E-state index contributed by atoms with van der Waals surface area (Å²) in [6.07, 6.45) is 4.04. The minimum absolute atomic E-state index is 0.577. The molecular formula is C20H14Cl2NOS+. The van der Waals surface area contributed by atoms with Gasteiger partial charge < -0.3 is 4.42 Å². The molecule has 0 bridgehead atoms. The highest BCUT2D eigenvalue weighted by atomic mass is 35.5. The van der Waals surface area contributed by atoms with Crippen LogP contribution in [-0.4, -0.2) is 0 Å². The molecule has 2 aromatic heterocycles. The Morgan fingerprint density at radius 3 is 2.64 bits per heavy atom. The van der Waals surface area contributed by atoms with Gasteiger partial charge in [-0.2, -0.15) is 4.57 Å². The van der Waals surface area contributed by atoms with Gasteiger partial charge in [0, 0.05) is 22.7 Å². The number of halogens is 2. The number of benzene rings is 2. The Hall–Kier alpha value is -2.07. The Bertz CT molecular complexity index is 1090. The van der Waals surface area contributed by atoms with Crippen molar-refractivity contribution in [2.24, 2.45) is 7.05 Å². The molecule has 2 aromatic carbocycles. The first-order valence-corrected chi connectivity index (χ1v) is 9.30. The molecule has 0 spiro atoms. The molecule has 0 atom stereocenters. The number of aromatic nitrogens is 1. The van der Waals surface area contributed by atoms with Gasteiger partial charge in [0.05, 0.1) is 5.02 Å². The number of furan rings is 1. The maximum Gasteiger partial charge on any atom is 0.262 e. The van der Waals surface area contributed by atoms with Gasteiger partial charge in [0.1, 0.15) is 23.3 Å². The van der Waals surface area contributed by atoms with Crippen LogP contribution < -0.4 is 4.57 Å². The Morgan fingerprint density at radius 1 is 1.00 bits per heavy atom. The van der Waals surface area contributed by atoms with Gasteiger partial charge >= 0.3 is 0 Å². The van der Waals surface area contributed by atoms with Crippen LogP contribution in [-0.2, 0) is 7.05 Å². The van der Waals surface area contributed by atoms with Crippen LogP contribution in [0.5, 0.6) is 0 Å². The Morgan fingerprint density at radius 2 is 1.84 bits per heavy atom. The molecule has 0 unspecified atom stereocenters. The van der Waals surface area contributed by atoms with Gasteiger partial charge in [-0.25, -0.2) is 0 Å². The molecule has 4 rings (SSSR count). The fourth-order valence-electron chi connectivity index (χ4n) is 2.70. The fourth-order valence-corrected chi connectivity index (χ4v) is 4.25. The smallest absolute Gasteiger partial charge is 0.262 e. The molecule has 0 aliphatic carbocycles. The first kappa shape index (κ1) is 16.4. The van der Waals surface area contributed by atoms with Crippen LogP contribution in [0.1, 0.15) is 10.8 Å². The van der Waals surface area contributed by atoms with Crippen molar-refractivity contribution in [2.75, 3.05) is 0 Å². The molecule has 0 N–H and O–H groups in total. The minimum Gasteiger partial charge on any atom is -0.457 e. The largest absolute Gasteiger partial charge is 0.457 e. The summed E-state index contributed by atoms with van der Waals surface area (Å²) in [5, 5.41) is 2.34. The van der Waals surface area contributed by atoms with Crippen molar-refractivity contribution >= 4 is 56.9 Å². The van der Waals surface area contributed by atoms with Crippen molar-refractivity contribution in [1.29, 1.82) is 0 Å². The molecule has 2 heterocycles. The van der Waals surface area contributed by atoms with Gasteiger partial charge in [0.15, 0.2) is 0 Å². The van der Waals surface area contributed by atoms with E-state index in [1.165, 1.54) is 10.2 Å². The first-order chi connectivity index (χ1) is 12.1. The maximum atomic E-state index is 6.25. The molecule has 0 amide bonds. The first-order valence-electron chi connectivity index (χ1n) is 7.73. The molecule has 4 aromatic rings. The summed E-state index contributed by atoms with van der Waals surface area (Å²) in [6, 6.07) is 17.6. The summed E-state index contributed by atoms with van der Waals surface area (Å²) in [6.45, 7) is 0. The number of thiazole rings is 1. The molecule has 2 nitrogen and oxygen atoms in total. The summed E-state index contributed by atoms with van der Waals surface area (Å²) >= 11 is 13.9. The third-order valence-electron chi connectivity index (χ3n) is 3.99. The number of para-hydroxylation sites is 1. The number of hydrogen-bond donors (Lipinski definition) is 0. The van der Waals surface area contributed by atoms with E-state index in [1.807, 2.05) is 24.3 Å². The molecule has 124 valence electrons. The van der Waals surface area contributed by atoms with Crippen molar-refractivity contribution < 1.29 is 8.98 Å². The number of nitrogens with zero attached hydrogens (tertiary/aromatic N) is 1. The average molecular weight is 387 g/mol. The van der Waals surface area contributed by atoms with Gasteiger partial charge in [0.2, 0.25) is 5.52 Å². The van der Waals surface area contributed by atoms with E-state index in [-0.39, 0.29) is 0 Å². The van der Waals surface area contributed by atoms with Crippen LogP contribution in [0, 0.1) is 0 Å². The monoisotopic (exact) mass is 386 g/mol. The molecule has 25 heavy (non-hydrogen) atoms. The van der Waals surface area contributed by atoms with Crippen LogP contribution in [0.2, 0.25) is 10.0 Å². The van der Waals surface area contributed by atoms with Crippen LogP contribution in [0.25, 0.3) is 33.7 Å². The van der Waals surface area contributed by atoms with E-state index < -0.39 is 0 Å². The van der Waals surface area contributed by atoms with Crippen LogP contribution >= 0.6 is 34.5 Å². The average Bonchev–Trinajstić information content (AvgIpc) is 3.18. The molecule has 0 aliphatic heterocycles. The maximum absolute atomic E-state index is 6.25. The summed E-state index contributed by atoms with van der Waals surface area (Å²) in [7, 11) is 2.07. The van der Waals surface area contributed by atoms with E-state index in [1.54, 1.807) is 23.5 Å². The van der Waals surface area contributed by atoms with Crippen LogP contribution in [0.3, 0.4) is 0 Å². The molecule has 0 saturated carbocycles. The Labute approximate surface area is 159 Å². The zero-order valence-corrected chi connectivity index (χ0v) is 15.7. The lowest BCUT2D eigenvalue weighted by atomic mass is 10.2. The topological polar surface area (TPSA) is 17.0 Å². The lowest BCUT2D eigenvalue weighted by Crippen LogP contribution is -2.28. The van der Waals surface area contributed by atoms with Gasteiger partial charge in [-0.15, -0.1) is 0 Å². The van der Waals surface area contributed by atoms with Crippen molar-refractivity contribution in [3.05, 3.63) is 75.4 Å². The van der Waals surface area contributed by atoms with E-state index in [0.717, 1.165) is 22.1 Å². The third-order valence-corrected chi connectivity index (χ3v) is 5.72. The van der Waals surface area contributed by atoms with Gasteiger partial charge in [-0.1, -0.05) is 46.7 Å². The lowest BCUT2D eigenvalue weighted by Gasteiger charge is -2.00. The third kappa shape index (κ3) is 3.23. The van der Waals surface area contributed by atoms with E-state index in [0.29, 0.717) is 10.0 Å². The minimum atomic E-state index is 0.577. The van der Waals surface area contributed by atoms with Crippen LogP contribution in [0.4, 0.5) is 0 Å². The lowest BCUT2D eigenvalue weighted by molar-refractivity contribution is -0.642. The number of fused-ring (bicyclic) bond motifs is 1.